The fourth-order valence-electron chi connectivity index (χ4n) is 0. The van der Waals surface area contributed by atoms with Crippen LogP contribution in [0.5, 0.6) is 0 Å². The van der Waals surface area contributed by atoms with Crippen molar-refractivity contribution >= 4 is 18.6 Å². The van der Waals surface area contributed by atoms with Crippen molar-refractivity contribution in [2.75, 3.05) is 0 Å². The van der Waals surface area contributed by atoms with Crippen LogP contribution in [-0.4, -0.2) is 18.6 Å². The van der Waals surface area contributed by atoms with Gasteiger partial charge in [-0.15, -0.1) is 0 Å². The van der Waals surface area contributed by atoms with E-state index in [-0.39, 0.29) is 64.1 Å². The first-order valence-corrected chi connectivity index (χ1v) is 1.50. The summed E-state index contributed by atoms with van der Waals surface area (Å²) in [5.41, 5.74) is 0. The van der Waals surface area contributed by atoms with Crippen molar-refractivity contribution in [1.82, 2.24) is 0 Å². The number of rotatable bonds is 0. The third-order valence-corrected chi connectivity index (χ3v) is 0. The summed E-state index contributed by atoms with van der Waals surface area (Å²) in [7, 11) is 0. The van der Waals surface area contributed by atoms with Crippen LogP contribution in [0.2, 0.25) is 0 Å². The summed E-state index contributed by atoms with van der Waals surface area (Å²) in [5.74, 6) is 0. The molecule has 0 rings (SSSR count). The SMILES string of the molecule is C.[Cu].[O]=[GaH].[Pt]. The van der Waals surface area contributed by atoms with Crippen LogP contribution in [0.4, 0.5) is 0 Å². The van der Waals surface area contributed by atoms with Crippen molar-refractivity contribution in [1.29, 1.82) is 0 Å². The molecule has 0 unspecified atom stereocenters. The van der Waals surface area contributed by atoms with Gasteiger partial charge in [-0.25, -0.2) is 0 Å². The molecule has 0 atom stereocenters. The normalized spacial score (nSPS) is 0.600. The predicted octanol–water partition coefficient (Wildman–Crippen LogP) is -0.136. The maximum absolute atomic E-state index is 8.38. The smallest absolute Gasteiger partial charge is 0 e. The van der Waals surface area contributed by atoms with Gasteiger partial charge >= 0.3 is 22.1 Å². The van der Waals surface area contributed by atoms with E-state index >= 15 is 0 Å². The second-order valence-corrected chi connectivity index (χ2v) is 0. The summed E-state index contributed by atoms with van der Waals surface area (Å²) < 4.78 is 8.38. The first-order valence-electron chi connectivity index (χ1n) is 0.289. The minimum atomic E-state index is 0. The molecule has 0 saturated carbocycles. The second-order valence-electron chi connectivity index (χ2n) is 0. The topological polar surface area (TPSA) is 17.1 Å². The van der Waals surface area contributed by atoms with E-state index in [2.05, 4.69) is 0 Å². The Bertz CT molecular complexity index is 11.6. The zero-order valence-corrected chi connectivity index (χ0v) is 7.91. The molecule has 39 valence electrons. The Morgan fingerprint density at radius 1 is 1.20 bits per heavy atom. The molecule has 5 heavy (non-hydrogen) atoms. The zero-order chi connectivity index (χ0) is 2.00. The molecule has 0 amide bonds. The van der Waals surface area contributed by atoms with E-state index < -0.39 is 0 Å². The summed E-state index contributed by atoms with van der Waals surface area (Å²) in [6, 6.07) is 0. The van der Waals surface area contributed by atoms with Gasteiger partial charge in [0.15, 0.2) is 0 Å². The van der Waals surface area contributed by atoms with Crippen molar-refractivity contribution in [2.45, 2.75) is 7.43 Å². The largest absolute Gasteiger partial charge is 0 e. The van der Waals surface area contributed by atoms with Crippen molar-refractivity contribution in [2.24, 2.45) is 0 Å². The third-order valence-electron chi connectivity index (χ3n) is 0. The van der Waals surface area contributed by atoms with E-state index in [9.17, 15) is 0 Å². The Hall–Kier alpha value is 1.64. The average Bonchev–Trinajstić information content (AvgIpc) is 1.00. The molecule has 0 N–H and O–H groups in total. The van der Waals surface area contributed by atoms with Gasteiger partial charge in [0.05, 0.1) is 0 Å². The second kappa shape index (κ2) is 45.0. The summed E-state index contributed by atoms with van der Waals surface area (Å²) in [6.45, 7) is 0. The monoisotopic (exact) mass is 360 g/mol. The van der Waals surface area contributed by atoms with Gasteiger partial charge in [0.25, 0.3) is 0 Å². The Morgan fingerprint density at radius 3 is 1.20 bits per heavy atom. The molecule has 0 aromatic rings. The Kier molecular flexibility index (Phi) is 273. The van der Waals surface area contributed by atoms with Gasteiger partial charge in [-0.1, -0.05) is 7.43 Å². The van der Waals surface area contributed by atoms with E-state index in [0.29, 0.717) is 0 Å². The molecular weight excluding hydrogens is 356 g/mol. The molecule has 4 heteroatoms. The molecule has 0 aliphatic carbocycles. The summed E-state index contributed by atoms with van der Waals surface area (Å²) in [5, 5.41) is 0. The predicted molar refractivity (Wildman–Crippen MR) is 14.6 cm³/mol. The Balaban J connectivity index is -0.00000000167. The van der Waals surface area contributed by atoms with Gasteiger partial charge in [-0.05, 0) is 0 Å². The first kappa shape index (κ1) is 30.3. The molecular formula is CH5CuGaOPt. The van der Waals surface area contributed by atoms with Crippen LogP contribution in [0.1, 0.15) is 7.43 Å². The molecule has 1 radical (unpaired) electrons. The fraction of sp³-hybridized carbons (Fsp3) is 1.00. The van der Waals surface area contributed by atoms with Crippen LogP contribution in [0, 0.1) is 0 Å². The Labute approximate surface area is 67.2 Å². The fourth-order valence-corrected chi connectivity index (χ4v) is 0. The number of hydrogen-bond donors (Lipinski definition) is 0. The minimum absolute atomic E-state index is 0. The van der Waals surface area contributed by atoms with Crippen LogP contribution in [0.15, 0.2) is 0 Å². The molecule has 0 aliphatic heterocycles. The van der Waals surface area contributed by atoms with E-state index in [0.717, 1.165) is 0 Å². The molecule has 0 fully saturated rings. The quantitative estimate of drug-likeness (QED) is 0.549. The van der Waals surface area contributed by atoms with Gasteiger partial charge in [-0.2, -0.15) is 0 Å². The molecule has 1 nitrogen and oxygen atoms in total. The van der Waals surface area contributed by atoms with E-state index in [1.165, 1.54) is 0 Å². The van der Waals surface area contributed by atoms with Crippen LogP contribution in [0.3, 0.4) is 0 Å². The first-order chi connectivity index (χ1) is 1.00. The summed E-state index contributed by atoms with van der Waals surface area (Å²) in [6.07, 6.45) is 0. The molecule has 0 aromatic heterocycles. The molecule has 0 bridgehead atoms. The van der Waals surface area contributed by atoms with E-state index in [4.69, 9.17) is 3.54 Å². The maximum atomic E-state index is 8.38. The molecule has 0 aromatic carbocycles. The zero-order valence-electron chi connectivity index (χ0n) is 1.73. The molecule has 0 saturated heterocycles. The van der Waals surface area contributed by atoms with Gasteiger partial charge in [0.1, 0.15) is 0 Å². The van der Waals surface area contributed by atoms with Gasteiger partial charge in [0.2, 0.25) is 0 Å². The minimum Gasteiger partial charge on any atom is 0 e. The van der Waals surface area contributed by atoms with Gasteiger partial charge in [0, 0.05) is 38.1 Å². The maximum Gasteiger partial charge on any atom is 0 e. The molecule has 0 heterocycles. The van der Waals surface area contributed by atoms with E-state index in [1.54, 1.807) is 0 Å². The van der Waals surface area contributed by atoms with Crippen LogP contribution >= 0.6 is 0 Å². The summed E-state index contributed by atoms with van der Waals surface area (Å²) >= 11 is 0.125. The third kappa shape index (κ3) is 27.7. The van der Waals surface area contributed by atoms with Crippen molar-refractivity contribution < 1.29 is 41.7 Å². The molecule has 0 aliphatic rings. The average molecular weight is 361 g/mol. The van der Waals surface area contributed by atoms with Crippen molar-refractivity contribution in [3.8, 4) is 0 Å². The Morgan fingerprint density at radius 2 is 1.20 bits per heavy atom. The van der Waals surface area contributed by atoms with Crippen molar-refractivity contribution in [3.63, 3.8) is 0 Å². The standard InChI is InChI=1S/CH4.Cu.Ga.O.Pt.H/h1H4;;;;;. The van der Waals surface area contributed by atoms with Crippen molar-refractivity contribution in [3.05, 3.63) is 0 Å². The van der Waals surface area contributed by atoms with Gasteiger partial charge < -0.3 is 0 Å². The van der Waals surface area contributed by atoms with Crippen LogP contribution in [-0.2, 0) is 41.7 Å². The van der Waals surface area contributed by atoms with Crippen LogP contribution in [0.25, 0.3) is 0 Å². The van der Waals surface area contributed by atoms with E-state index in [1.807, 2.05) is 0 Å². The molecule has 0 spiro atoms. The summed E-state index contributed by atoms with van der Waals surface area (Å²) in [4.78, 5) is 0. The number of hydrogen-bond acceptors (Lipinski definition) is 1. The van der Waals surface area contributed by atoms with Gasteiger partial charge in [-0.3, -0.25) is 0 Å². The van der Waals surface area contributed by atoms with Crippen LogP contribution < -0.4 is 0 Å².